The van der Waals surface area contributed by atoms with Gasteiger partial charge in [0.05, 0.1) is 17.9 Å². The second-order valence-electron chi connectivity index (χ2n) is 7.13. The number of aryl methyl sites for hydroxylation is 3. The number of nitrogens with one attached hydrogen (secondary N) is 1. The SMILES string of the molecule is Cc1cc(C)n2c(CNC(c3nccn3C)C3CCOCC3)cnc2n1. The summed E-state index contributed by atoms with van der Waals surface area (Å²) in [5.74, 6) is 2.36. The van der Waals surface area contributed by atoms with Crippen molar-refractivity contribution >= 4 is 5.78 Å². The van der Waals surface area contributed by atoms with E-state index in [1.54, 1.807) is 0 Å². The lowest BCUT2D eigenvalue weighted by molar-refractivity contribution is 0.0517. The monoisotopic (exact) mass is 354 g/mol. The van der Waals surface area contributed by atoms with Crippen molar-refractivity contribution in [2.75, 3.05) is 13.2 Å². The molecule has 0 radical (unpaired) electrons. The summed E-state index contributed by atoms with van der Waals surface area (Å²) in [6.07, 6.45) is 7.90. The number of hydrogen-bond acceptors (Lipinski definition) is 5. The second kappa shape index (κ2) is 7.17. The summed E-state index contributed by atoms with van der Waals surface area (Å²) in [6, 6.07) is 2.29. The number of imidazole rings is 2. The third kappa shape index (κ3) is 3.24. The maximum absolute atomic E-state index is 5.56. The highest BCUT2D eigenvalue weighted by Gasteiger charge is 2.28. The van der Waals surface area contributed by atoms with Crippen molar-refractivity contribution in [2.45, 2.75) is 39.3 Å². The van der Waals surface area contributed by atoms with Gasteiger partial charge in [0.25, 0.3) is 0 Å². The first-order valence-electron chi connectivity index (χ1n) is 9.22. The lowest BCUT2D eigenvalue weighted by Crippen LogP contribution is -2.34. The molecule has 3 aromatic heterocycles. The number of hydrogen-bond donors (Lipinski definition) is 1. The molecule has 3 aromatic rings. The first kappa shape index (κ1) is 17.2. The van der Waals surface area contributed by atoms with E-state index in [-0.39, 0.29) is 6.04 Å². The van der Waals surface area contributed by atoms with E-state index in [4.69, 9.17) is 4.74 Å². The Kier molecular flexibility index (Phi) is 4.74. The Morgan fingerprint density at radius 2 is 2.08 bits per heavy atom. The predicted molar refractivity (Wildman–Crippen MR) is 98.8 cm³/mol. The number of nitrogens with zero attached hydrogens (tertiary/aromatic N) is 5. The molecular weight excluding hydrogens is 328 g/mol. The van der Waals surface area contributed by atoms with E-state index in [2.05, 4.69) is 49.3 Å². The van der Waals surface area contributed by atoms with Gasteiger partial charge in [0, 0.05) is 50.6 Å². The van der Waals surface area contributed by atoms with Crippen molar-refractivity contribution in [3.8, 4) is 0 Å². The molecule has 4 heterocycles. The Hall–Kier alpha value is -2.25. The zero-order valence-electron chi connectivity index (χ0n) is 15.6. The van der Waals surface area contributed by atoms with Crippen molar-refractivity contribution in [1.29, 1.82) is 0 Å². The molecule has 0 bridgehead atoms. The molecule has 1 atom stereocenters. The summed E-state index contributed by atoms with van der Waals surface area (Å²) in [5.41, 5.74) is 3.27. The van der Waals surface area contributed by atoms with Crippen LogP contribution < -0.4 is 5.32 Å². The van der Waals surface area contributed by atoms with E-state index >= 15 is 0 Å². The molecule has 26 heavy (non-hydrogen) atoms. The van der Waals surface area contributed by atoms with Gasteiger partial charge in [0.2, 0.25) is 5.78 Å². The van der Waals surface area contributed by atoms with E-state index in [0.717, 1.165) is 61.3 Å². The van der Waals surface area contributed by atoms with Crippen LogP contribution in [0.3, 0.4) is 0 Å². The van der Waals surface area contributed by atoms with Crippen LogP contribution in [0.1, 0.15) is 41.8 Å². The normalized spacial score (nSPS) is 17.0. The smallest absolute Gasteiger partial charge is 0.234 e. The standard InChI is InChI=1S/C19H26N6O/c1-13-10-14(2)25-16(12-22-19(25)23-13)11-21-17(15-4-8-26-9-5-15)18-20-6-7-24(18)3/h6-7,10,12,15,17,21H,4-5,8-9,11H2,1-3H3. The Balaban J connectivity index is 1.60. The Morgan fingerprint density at radius 3 is 2.81 bits per heavy atom. The van der Waals surface area contributed by atoms with Crippen LogP contribution in [0, 0.1) is 19.8 Å². The lowest BCUT2D eigenvalue weighted by atomic mass is 9.91. The molecule has 4 rings (SSSR count). The summed E-state index contributed by atoms with van der Waals surface area (Å²) in [5, 5.41) is 3.74. The van der Waals surface area contributed by atoms with Gasteiger partial charge in [-0.15, -0.1) is 0 Å². The molecule has 1 aliphatic rings. The van der Waals surface area contributed by atoms with Crippen molar-refractivity contribution in [1.82, 2.24) is 29.2 Å². The van der Waals surface area contributed by atoms with Crippen molar-refractivity contribution in [3.05, 3.63) is 47.6 Å². The average molecular weight is 354 g/mol. The number of ether oxygens (including phenoxy) is 1. The summed E-state index contributed by atoms with van der Waals surface area (Å²) in [7, 11) is 2.06. The van der Waals surface area contributed by atoms with Crippen LogP contribution in [0.5, 0.6) is 0 Å². The molecule has 138 valence electrons. The van der Waals surface area contributed by atoms with Crippen LogP contribution in [-0.2, 0) is 18.3 Å². The van der Waals surface area contributed by atoms with Gasteiger partial charge in [-0.2, -0.15) is 0 Å². The average Bonchev–Trinajstić information content (AvgIpc) is 3.23. The Labute approximate surface area is 153 Å². The molecule has 7 nitrogen and oxygen atoms in total. The Morgan fingerprint density at radius 1 is 1.27 bits per heavy atom. The highest BCUT2D eigenvalue weighted by Crippen LogP contribution is 2.29. The van der Waals surface area contributed by atoms with Gasteiger partial charge in [-0.1, -0.05) is 0 Å². The molecule has 0 amide bonds. The topological polar surface area (TPSA) is 69.3 Å². The minimum atomic E-state index is 0.197. The van der Waals surface area contributed by atoms with Crippen molar-refractivity contribution in [2.24, 2.45) is 13.0 Å². The maximum atomic E-state index is 5.56. The molecule has 7 heteroatoms. The van der Waals surface area contributed by atoms with Gasteiger partial charge < -0.3 is 14.6 Å². The van der Waals surface area contributed by atoms with Gasteiger partial charge in [-0.3, -0.25) is 4.40 Å². The van der Waals surface area contributed by atoms with Crippen LogP contribution in [0.15, 0.2) is 24.7 Å². The molecule has 0 spiro atoms. The number of aromatic nitrogens is 5. The Bertz CT molecular complexity index is 893. The van der Waals surface area contributed by atoms with Crippen LogP contribution in [0.25, 0.3) is 5.78 Å². The van der Waals surface area contributed by atoms with Gasteiger partial charge >= 0.3 is 0 Å². The summed E-state index contributed by atoms with van der Waals surface area (Å²) >= 11 is 0. The fourth-order valence-electron chi connectivity index (χ4n) is 3.93. The van der Waals surface area contributed by atoms with Crippen molar-refractivity contribution < 1.29 is 4.74 Å². The third-order valence-corrected chi connectivity index (χ3v) is 5.24. The molecule has 1 fully saturated rings. The third-order valence-electron chi connectivity index (χ3n) is 5.24. The number of rotatable bonds is 5. The largest absolute Gasteiger partial charge is 0.381 e. The number of fused-ring (bicyclic) bond motifs is 1. The molecule has 0 aliphatic carbocycles. The molecular formula is C19H26N6O. The zero-order valence-corrected chi connectivity index (χ0v) is 15.6. The maximum Gasteiger partial charge on any atom is 0.234 e. The van der Waals surface area contributed by atoms with Gasteiger partial charge in [0.15, 0.2) is 0 Å². The highest BCUT2D eigenvalue weighted by molar-refractivity contribution is 5.35. The van der Waals surface area contributed by atoms with Gasteiger partial charge in [-0.05, 0) is 38.7 Å². The lowest BCUT2D eigenvalue weighted by Gasteiger charge is -2.30. The minimum absolute atomic E-state index is 0.197. The fraction of sp³-hybridized carbons (Fsp3) is 0.526. The second-order valence-corrected chi connectivity index (χ2v) is 7.13. The summed E-state index contributed by atoms with van der Waals surface area (Å²) in [4.78, 5) is 13.6. The molecule has 1 unspecified atom stereocenters. The zero-order chi connectivity index (χ0) is 18.1. The predicted octanol–water partition coefficient (Wildman–Crippen LogP) is 2.34. The van der Waals surface area contributed by atoms with Crippen LogP contribution in [0.2, 0.25) is 0 Å². The van der Waals surface area contributed by atoms with E-state index < -0.39 is 0 Å². The first-order valence-corrected chi connectivity index (χ1v) is 9.22. The fourth-order valence-corrected chi connectivity index (χ4v) is 3.93. The first-order chi connectivity index (χ1) is 12.6. The van der Waals surface area contributed by atoms with E-state index in [1.165, 1.54) is 0 Å². The van der Waals surface area contributed by atoms with E-state index in [9.17, 15) is 0 Å². The van der Waals surface area contributed by atoms with E-state index in [1.807, 2.05) is 25.5 Å². The molecule has 1 aliphatic heterocycles. The van der Waals surface area contributed by atoms with Gasteiger partial charge in [-0.25, -0.2) is 15.0 Å². The molecule has 0 aromatic carbocycles. The quantitative estimate of drug-likeness (QED) is 0.762. The summed E-state index contributed by atoms with van der Waals surface area (Å²) < 4.78 is 9.79. The van der Waals surface area contributed by atoms with Crippen LogP contribution >= 0.6 is 0 Å². The van der Waals surface area contributed by atoms with E-state index in [0.29, 0.717) is 5.92 Å². The summed E-state index contributed by atoms with van der Waals surface area (Å²) in [6.45, 7) is 6.47. The molecule has 1 saturated heterocycles. The van der Waals surface area contributed by atoms with Crippen molar-refractivity contribution in [3.63, 3.8) is 0 Å². The molecule has 0 saturated carbocycles. The molecule has 1 N–H and O–H groups in total. The minimum Gasteiger partial charge on any atom is -0.381 e. The van der Waals surface area contributed by atoms with Gasteiger partial charge in [0.1, 0.15) is 5.82 Å². The van der Waals surface area contributed by atoms with Crippen LogP contribution in [-0.4, -0.2) is 37.1 Å². The highest BCUT2D eigenvalue weighted by atomic mass is 16.5. The van der Waals surface area contributed by atoms with Crippen LogP contribution in [0.4, 0.5) is 0 Å².